The molecule has 0 rings (SSSR count). The summed E-state index contributed by atoms with van der Waals surface area (Å²) in [7, 11) is 0. The van der Waals surface area contributed by atoms with Crippen LogP contribution in [0.25, 0.3) is 0 Å². The van der Waals surface area contributed by atoms with E-state index >= 15 is 0 Å². The molecule has 0 saturated heterocycles. The molecule has 0 heterocycles. The zero-order chi connectivity index (χ0) is 46.7. The third kappa shape index (κ3) is 45.6. The Morgan fingerprint density at radius 2 is 0.797 bits per heavy atom. The minimum absolute atomic E-state index is 0.0456. The number of amides is 1. The average Bonchev–Trinajstić information content (AvgIpc) is 3.29. The third-order valence-electron chi connectivity index (χ3n) is 11.7. The van der Waals surface area contributed by atoms with Crippen molar-refractivity contribution in [2.45, 2.75) is 264 Å². The molecule has 0 spiro atoms. The molecule has 3 unspecified atom stereocenters. The van der Waals surface area contributed by atoms with E-state index in [0.717, 1.165) is 109 Å². The fourth-order valence-corrected chi connectivity index (χ4v) is 7.60. The smallest absolute Gasteiger partial charge is 0.306 e. The Bertz CT molecular complexity index is 1230. The second kappa shape index (κ2) is 51.0. The van der Waals surface area contributed by atoms with Crippen molar-refractivity contribution in [2.75, 3.05) is 6.61 Å². The molecule has 0 aliphatic heterocycles. The van der Waals surface area contributed by atoms with Gasteiger partial charge in [0.05, 0.1) is 25.2 Å². The standard InChI is InChI=1S/C58H101NO5/c1-4-7-10-13-16-19-21-23-25-27-28-30-32-34-36-39-42-45-48-51-58(63)64-54(49-46-43-40-38-35-33-31-29-26-24-22-20-17-14-11-8-5-2)52-57(62)59-55(53-60)56(61)50-47-44-41-37-18-15-12-9-6-3/h16-17,19-20,23-26,28,30-31,33-34,36,54-56,60-61H,4-15,18,21-22,27,29,32,35,37-53H2,1-3H3,(H,59,62)/b19-16-,20-17-,25-23-,26-24-,30-28-,33-31-,36-34-. The second-order valence-corrected chi connectivity index (χ2v) is 17.9. The first-order valence-electron chi connectivity index (χ1n) is 26.8. The van der Waals surface area contributed by atoms with Crippen molar-refractivity contribution in [2.24, 2.45) is 0 Å². The van der Waals surface area contributed by atoms with E-state index in [4.69, 9.17) is 4.74 Å². The summed E-state index contributed by atoms with van der Waals surface area (Å²) >= 11 is 0. The normalized spacial score (nSPS) is 13.9. The van der Waals surface area contributed by atoms with E-state index in [1.807, 2.05) is 0 Å². The van der Waals surface area contributed by atoms with Gasteiger partial charge in [-0.15, -0.1) is 0 Å². The number of carbonyl (C=O) groups excluding carboxylic acids is 2. The first kappa shape index (κ1) is 61.0. The molecule has 3 N–H and O–H groups in total. The van der Waals surface area contributed by atoms with Gasteiger partial charge in [0.1, 0.15) is 6.10 Å². The molecule has 0 aromatic heterocycles. The number of rotatable bonds is 47. The number of esters is 1. The fourth-order valence-electron chi connectivity index (χ4n) is 7.60. The van der Waals surface area contributed by atoms with Crippen molar-refractivity contribution in [3.63, 3.8) is 0 Å². The van der Waals surface area contributed by atoms with Crippen LogP contribution in [0.1, 0.15) is 245 Å². The molecule has 368 valence electrons. The predicted molar refractivity (Wildman–Crippen MR) is 278 cm³/mol. The molecule has 0 aromatic rings. The number of carbonyl (C=O) groups is 2. The van der Waals surface area contributed by atoms with E-state index < -0.39 is 18.2 Å². The zero-order valence-corrected chi connectivity index (χ0v) is 41.9. The summed E-state index contributed by atoms with van der Waals surface area (Å²) in [5, 5.41) is 23.7. The van der Waals surface area contributed by atoms with Gasteiger partial charge in [-0.25, -0.2) is 0 Å². The van der Waals surface area contributed by atoms with E-state index in [0.29, 0.717) is 19.3 Å². The summed E-state index contributed by atoms with van der Waals surface area (Å²) in [6.45, 7) is 6.39. The molecule has 0 saturated carbocycles. The van der Waals surface area contributed by atoms with Crippen molar-refractivity contribution in [3.05, 3.63) is 85.1 Å². The second-order valence-electron chi connectivity index (χ2n) is 17.9. The lowest BCUT2D eigenvalue weighted by Crippen LogP contribution is -2.46. The number of aliphatic hydroxyl groups is 2. The summed E-state index contributed by atoms with van der Waals surface area (Å²) in [6.07, 6.45) is 66.4. The molecule has 0 aliphatic carbocycles. The zero-order valence-electron chi connectivity index (χ0n) is 41.9. The summed E-state index contributed by atoms with van der Waals surface area (Å²) in [4.78, 5) is 26.2. The Kier molecular flexibility index (Phi) is 48.7. The topological polar surface area (TPSA) is 95.9 Å². The summed E-state index contributed by atoms with van der Waals surface area (Å²) in [5.41, 5.74) is 0. The van der Waals surface area contributed by atoms with Crippen molar-refractivity contribution in [3.8, 4) is 0 Å². The molecule has 0 bridgehead atoms. The molecule has 6 nitrogen and oxygen atoms in total. The number of nitrogens with one attached hydrogen (secondary N) is 1. The van der Waals surface area contributed by atoms with Crippen LogP contribution in [0, 0.1) is 0 Å². The van der Waals surface area contributed by atoms with Crippen LogP contribution in [0.15, 0.2) is 85.1 Å². The van der Waals surface area contributed by atoms with Gasteiger partial charge >= 0.3 is 5.97 Å². The van der Waals surface area contributed by atoms with Gasteiger partial charge in [-0.2, -0.15) is 0 Å². The highest BCUT2D eigenvalue weighted by Gasteiger charge is 2.24. The van der Waals surface area contributed by atoms with E-state index in [9.17, 15) is 19.8 Å². The Morgan fingerprint density at radius 1 is 0.453 bits per heavy atom. The Balaban J connectivity index is 4.69. The Labute approximate surface area is 395 Å². The first-order valence-corrected chi connectivity index (χ1v) is 26.8. The molecule has 0 aromatic carbocycles. The maximum absolute atomic E-state index is 13.2. The lowest BCUT2D eigenvalue weighted by molar-refractivity contribution is -0.151. The third-order valence-corrected chi connectivity index (χ3v) is 11.7. The predicted octanol–water partition coefficient (Wildman–Crippen LogP) is 16.3. The number of unbranched alkanes of at least 4 members (excludes halogenated alkanes) is 21. The Morgan fingerprint density at radius 3 is 1.23 bits per heavy atom. The molecular formula is C58H101NO5. The van der Waals surface area contributed by atoms with Crippen molar-refractivity contribution in [1.82, 2.24) is 5.32 Å². The van der Waals surface area contributed by atoms with E-state index in [2.05, 4.69) is 111 Å². The monoisotopic (exact) mass is 892 g/mol. The van der Waals surface area contributed by atoms with Crippen LogP contribution in [-0.2, 0) is 14.3 Å². The van der Waals surface area contributed by atoms with E-state index in [1.165, 1.54) is 89.9 Å². The van der Waals surface area contributed by atoms with Crippen LogP contribution in [0.5, 0.6) is 0 Å². The van der Waals surface area contributed by atoms with Gasteiger partial charge < -0.3 is 20.3 Å². The summed E-state index contributed by atoms with van der Waals surface area (Å²) < 4.78 is 5.92. The number of hydrogen-bond donors (Lipinski definition) is 3. The van der Waals surface area contributed by atoms with Gasteiger partial charge in [-0.1, -0.05) is 209 Å². The molecule has 3 atom stereocenters. The van der Waals surface area contributed by atoms with Gasteiger partial charge in [0, 0.05) is 6.42 Å². The molecule has 1 amide bonds. The largest absolute Gasteiger partial charge is 0.462 e. The highest BCUT2D eigenvalue weighted by Crippen LogP contribution is 2.17. The molecule has 0 fully saturated rings. The van der Waals surface area contributed by atoms with Crippen LogP contribution < -0.4 is 5.32 Å². The van der Waals surface area contributed by atoms with E-state index in [1.54, 1.807) is 0 Å². The highest BCUT2D eigenvalue weighted by molar-refractivity contribution is 5.77. The van der Waals surface area contributed by atoms with Crippen LogP contribution in [0.2, 0.25) is 0 Å². The first-order chi connectivity index (χ1) is 31.5. The van der Waals surface area contributed by atoms with Gasteiger partial charge in [-0.05, 0) is 109 Å². The highest BCUT2D eigenvalue weighted by atomic mass is 16.5. The molecule has 64 heavy (non-hydrogen) atoms. The molecule has 0 radical (unpaired) electrons. The fraction of sp³-hybridized carbons (Fsp3) is 0.724. The van der Waals surface area contributed by atoms with Gasteiger partial charge in [-0.3, -0.25) is 9.59 Å². The average molecular weight is 892 g/mol. The lowest BCUT2D eigenvalue weighted by Gasteiger charge is -2.24. The molecular weight excluding hydrogens is 791 g/mol. The number of ether oxygens (including phenoxy) is 1. The lowest BCUT2D eigenvalue weighted by atomic mass is 10.0. The molecule has 6 heteroatoms. The maximum Gasteiger partial charge on any atom is 0.306 e. The van der Waals surface area contributed by atoms with Gasteiger partial charge in [0.25, 0.3) is 0 Å². The molecule has 0 aliphatic rings. The van der Waals surface area contributed by atoms with Crippen molar-refractivity contribution >= 4 is 11.9 Å². The SMILES string of the molecule is CCCCC/C=C\C/C=C\C/C=C\C/C=C\CCCCCC(=O)OC(CCCCCC/C=C\C/C=C\C/C=C\CCCCC)CC(=O)NC(CO)C(O)CCCCCCCCCCC. The number of hydrogen-bond acceptors (Lipinski definition) is 5. The van der Waals surface area contributed by atoms with Crippen molar-refractivity contribution in [1.29, 1.82) is 0 Å². The summed E-state index contributed by atoms with van der Waals surface area (Å²) in [6, 6.07) is -0.719. The van der Waals surface area contributed by atoms with Crippen LogP contribution in [-0.4, -0.2) is 46.9 Å². The summed E-state index contributed by atoms with van der Waals surface area (Å²) in [5.74, 6) is -0.536. The quantitative estimate of drug-likeness (QED) is 0.0321. The Hall–Kier alpha value is -2.96. The van der Waals surface area contributed by atoms with Gasteiger partial charge in [0.15, 0.2) is 0 Å². The minimum Gasteiger partial charge on any atom is -0.462 e. The minimum atomic E-state index is -0.803. The van der Waals surface area contributed by atoms with Crippen LogP contribution in [0.4, 0.5) is 0 Å². The van der Waals surface area contributed by atoms with E-state index in [-0.39, 0.29) is 24.9 Å². The maximum atomic E-state index is 13.2. The van der Waals surface area contributed by atoms with Crippen LogP contribution in [0.3, 0.4) is 0 Å². The van der Waals surface area contributed by atoms with Crippen molar-refractivity contribution < 1.29 is 24.5 Å². The van der Waals surface area contributed by atoms with Crippen LogP contribution >= 0.6 is 0 Å². The number of aliphatic hydroxyl groups excluding tert-OH is 2. The number of allylic oxidation sites excluding steroid dienone is 14. The van der Waals surface area contributed by atoms with Gasteiger partial charge in [0.2, 0.25) is 5.91 Å².